The molecule has 0 aromatic heterocycles. The molecule has 0 spiro atoms. The monoisotopic (exact) mass is 279 g/mol. The van der Waals surface area contributed by atoms with Crippen LogP contribution in [0.3, 0.4) is 0 Å². The highest BCUT2D eigenvalue weighted by Crippen LogP contribution is 2.25. The Morgan fingerprint density at radius 1 is 1.11 bits per heavy atom. The minimum Gasteiger partial charge on any atom is -0.312 e. The molecule has 108 valence electrons. The molecule has 0 bridgehead atoms. The van der Waals surface area contributed by atoms with Gasteiger partial charge < -0.3 is 5.32 Å². The average molecular weight is 279 g/mol. The van der Waals surface area contributed by atoms with Crippen LogP contribution in [0.1, 0.15) is 45.2 Å². The van der Waals surface area contributed by atoms with Gasteiger partial charge in [-0.1, -0.05) is 39.8 Å². The first-order chi connectivity index (χ1) is 8.99. The van der Waals surface area contributed by atoms with Crippen LogP contribution in [0.2, 0.25) is 0 Å². The van der Waals surface area contributed by atoms with Gasteiger partial charge in [0.25, 0.3) is 0 Å². The fraction of sp³-hybridized carbons (Fsp3) is 0.647. The maximum atomic E-state index is 3.50. The lowest BCUT2D eigenvalue weighted by atomic mass is 10.1. The van der Waals surface area contributed by atoms with E-state index in [0.29, 0.717) is 5.92 Å². The van der Waals surface area contributed by atoms with Crippen molar-refractivity contribution in [3.8, 4) is 0 Å². The Labute approximate surface area is 123 Å². The second-order valence-electron chi connectivity index (χ2n) is 6.16. The van der Waals surface area contributed by atoms with Crippen LogP contribution in [0.25, 0.3) is 0 Å². The third-order valence-electron chi connectivity index (χ3n) is 3.07. The summed E-state index contributed by atoms with van der Waals surface area (Å²) in [6, 6.07) is 6.87. The number of rotatable bonds is 8. The van der Waals surface area contributed by atoms with Crippen molar-refractivity contribution in [1.82, 2.24) is 5.32 Å². The summed E-state index contributed by atoms with van der Waals surface area (Å²) < 4.78 is 0. The molecule has 1 aromatic rings. The van der Waals surface area contributed by atoms with Gasteiger partial charge in [0.2, 0.25) is 0 Å². The van der Waals surface area contributed by atoms with Gasteiger partial charge in [-0.25, -0.2) is 0 Å². The molecule has 0 aliphatic carbocycles. The molecule has 1 rings (SSSR count). The van der Waals surface area contributed by atoms with Crippen molar-refractivity contribution < 1.29 is 0 Å². The molecule has 19 heavy (non-hydrogen) atoms. The summed E-state index contributed by atoms with van der Waals surface area (Å²) in [5.74, 6) is 2.74. The van der Waals surface area contributed by atoms with Crippen molar-refractivity contribution in [3.63, 3.8) is 0 Å². The molecule has 1 nitrogen and oxygen atoms in total. The number of hydrogen-bond acceptors (Lipinski definition) is 2. The largest absolute Gasteiger partial charge is 0.312 e. The molecule has 0 amide bonds. The fourth-order valence-electron chi connectivity index (χ4n) is 1.89. The molecule has 0 aliphatic heterocycles. The standard InChI is InChI=1S/C17H29NS/c1-13(2)8-9-19-17-7-6-16(10-15(17)5)12-18-11-14(3)4/h6-7,10,13-14,18H,8-9,11-12H2,1-5H3. The quantitative estimate of drug-likeness (QED) is 0.681. The lowest BCUT2D eigenvalue weighted by Gasteiger charge is -2.11. The Bertz CT molecular complexity index is 372. The lowest BCUT2D eigenvalue weighted by Crippen LogP contribution is -2.18. The number of benzene rings is 1. The summed E-state index contributed by atoms with van der Waals surface area (Å²) in [5, 5.41) is 3.50. The molecule has 0 saturated heterocycles. The van der Waals surface area contributed by atoms with Crippen molar-refractivity contribution in [2.75, 3.05) is 12.3 Å². The van der Waals surface area contributed by atoms with Crippen molar-refractivity contribution in [2.24, 2.45) is 11.8 Å². The van der Waals surface area contributed by atoms with Crippen LogP contribution < -0.4 is 5.32 Å². The zero-order valence-corrected chi connectivity index (χ0v) is 13.9. The van der Waals surface area contributed by atoms with E-state index < -0.39 is 0 Å². The van der Waals surface area contributed by atoms with Crippen LogP contribution in [0.4, 0.5) is 0 Å². The SMILES string of the molecule is Cc1cc(CNCC(C)C)ccc1SCCC(C)C. The Kier molecular flexibility index (Phi) is 7.55. The molecule has 1 aromatic carbocycles. The second kappa shape index (κ2) is 8.65. The van der Waals surface area contributed by atoms with Gasteiger partial charge in [-0.3, -0.25) is 0 Å². The van der Waals surface area contributed by atoms with Crippen LogP contribution in [-0.2, 0) is 6.54 Å². The third kappa shape index (κ3) is 7.03. The van der Waals surface area contributed by atoms with E-state index >= 15 is 0 Å². The molecule has 0 aliphatic rings. The number of hydrogen-bond donors (Lipinski definition) is 1. The van der Waals surface area contributed by atoms with Crippen LogP contribution in [0.5, 0.6) is 0 Å². The summed E-state index contributed by atoms with van der Waals surface area (Å²) in [6.45, 7) is 13.4. The van der Waals surface area contributed by atoms with E-state index in [9.17, 15) is 0 Å². The minimum absolute atomic E-state index is 0.715. The van der Waals surface area contributed by atoms with Gasteiger partial charge >= 0.3 is 0 Å². The maximum Gasteiger partial charge on any atom is 0.0205 e. The summed E-state index contributed by atoms with van der Waals surface area (Å²) in [5.41, 5.74) is 2.81. The summed E-state index contributed by atoms with van der Waals surface area (Å²) in [7, 11) is 0. The topological polar surface area (TPSA) is 12.0 Å². The minimum atomic E-state index is 0.715. The normalized spacial score (nSPS) is 11.5. The van der Waals surface area contributed by atoms with E-state index in [1.807, 2.05) is 11.8 Å². The van der Waals surface area contributed by atoms with E-state index in [1.165, 1.54) is 28.2 Å². The second-order valence-corrected chi connectivity index (χ2v) is 7.29. The van der Waals surface area contributed by atoms with Gasteiger partial charge in [-0.05, 0) is 54.7 Å². The summed E-state index contributed by atoms with van der Waals surface area (Å²) in [6.07, 6.45) is 1.29. The van der Waals surface area contributed by atoms with E-state index in [2.05, 4.69) is 58.1 Å². The van der Waals surface area contributed by atoms with Crippen LogP contribution >= 0.6 is 11.8 Å². The summed E-state index contributed by atoms with van der Waals surface area (Å²) >= 11 is 1.99. The number of nitrogens with one attached hydrogen (secondary N) is 1. The van der Waals surface area contributed by atoms with Crippen LogP contribution in [0.15, 0.2) is 23.1 Å². The van der Waals surface area contributed by atoms with Crippen molar-refractivity contribution in [2.45, 2.75) is 52.5 Å². The van der Waals surface area contributed by atoms with Crippen LogP contribution in [-0.4, -0.2) is 12.3 Å². The highest BCUT2D eigenvalue weighted by molar-refractivity contribution is 7.99. The molecular weight excluding hydrogens is 250 g/mol. The van der Waals surface area contributed by atoms with Gasteiger partial charge in [0.1, 0.15) is 0 Å². The van der Waals surface area contributed by atoms with Gasteiger partial charge in [0.15, 0.2) is 0 Å². The average Bonchev–Trinajstić information content (AvgIpc) is 2.31. The predicted octanol–water partition coefficient (Wildman–Crippen LogP) is 4.88. The van der Waals surface area contributed by atoms with E-state index in [-0.39, 0.29) is 0 Å². The Morgan fingerprint density at radius 2 is 1.84 bits per heavy atom. The van der Waals surface area contributed by atoms with Gasteiger partial charge in [-0.2, -0.15) is 0 Å². The highest BCUT2D eigenvalue weighted by atomic mass is 32.2. The number of aryl methyl sites for hydroxylation is 1. The van der Waals surface area contributed by atoms with Gasteiger partial charge in [-0.15, -0.1) is 11.8 Å². The van der Waals surface area contributed by atoms with Crippen molar-refractivity contribution >= 4 is 11.8 Å². The van der Waals surface area contributed by atoms with Gasteiger partial charge in [0, 0.05) is 11.4 Å². The third-order valence-corrected chi connectivity index (χ3v) is 4.28. The lowest BCUT2D eigenvalue weighted by molar-refractivity contribution is 0.552. The van der Waals surface area contributed by atoms with E-state index in [4.69, 9.17) is 0 Å². The Hall–Kier alpha value is -0.470. The van der Waals surface area contributed by atoms with E-state index in [1.54, 1.807) is 0 Å². The molecular formula is C17H29NS. The Morgan fingerprint density at radius 3 is 2.42 bits per heavy atom. The molecule has 0 heterocycles. The zero-order chi connectivity index (χ0) is 14.3. The first-order valence-electron chi connectivity index (χ1n) is 7.42. The molecule has 0 radical (unpaired) electrons. The maximum absolute atomic E-state index is 3.50. The first kappa shape index (κ1) is 16.6. The van der Waals surface area contributed by atoms with Crippen molar-refractivity contribution in [1.29, 1.82) is 0 Å². The molecule has 0 atom stereocenters. The molecule has 0 saturated carbocycles. The number of thioether (sulfide) groups is 1. The molecule has 2 heteroatoms. The van der Waals surface area contributed by atoms with Crippen molar-refractivity contribution in [3.05, 3.63) is 29.3 Å². The molecule has 0 unspecified atom stereocenters. The Balaban J connectivity index is 2.45. The molecule has 0 fully saturated rings. The fourth-order valence-corrected chi connectivity index (χ4v) is 3.15. The first-order valence-corrected chi connectivity index (χ1v) is 8.40. The van der Waals surface area contributed by atoms with Gasteiger partial charge in [0.05, 0.1) is 0 Å². The summed E-state index contributed by atoms with van der Waals surface area (Å²) in [4.78, 5) is 1.44. The molecule has 1 N–H and O–H groups in total. The van der Waals surface area contributed by atoms with E-state index in [0.717, 1.165) is 19.0 Å². The van der Waals surface area contributed by atoms with Crippen LogP contribution in [0, 0.1) is 18.8 Å². The predicted molar refractivity (Wildman–Crippen MR) is 87.9 cm³/mol. The smallest absolute Gasteiger partial charge is 0.0205 e. The highest BCUT2D eigenvalue weighted by Gasteiger charge is 2.02. The zero-order valence-electron chi connectivity index (χ0n) is 13.1.